The Morgan fingerprint density at radius 2 is 2.22 bits per heavy atom. The fraction of sp³-hybridized carbons (Fsp3) is 0.462. The number of nitrogens with zero attached hydrogens (tertiary/aromatic N) is 2. The van der Waals surface area contributed by atoms with Gasteiger partial charge >= 0.3 is 0 Å². The Labute approximate surface area is 108 Å². The van der Waals surface area contributed by atoms with Gasteiger partial charge in [0.2, 0.25) is 5.96 Å². The second-order valence-electron chi connectivity index (χ2n) is 4.57. The number of guanidine groups is 1. The van der Waals surface area contributed by atoms with Gasteiger partial charge in [0.15, 0.2) is 0 Å². The molecule has 0 bridgehead atoms. The van der Waals surface area contributed by atoms with Crippen molar-refractivity contribution in [3.63, 3.8) is 0 Å². The van der Waals surface area contributed by atoms with Crippen molar-refractivity contribution in [2.75, 3.05) is 13.2 Å². The minimum absolute atomic E-state index is 0.204. The van der Waals surface area contributed by atoms with Gasteiger partial charge in [-0.1, -0.05) is 18.2 Å². The summed E-state index contributed by atoms with van der Waals surface area (Å²) >= 11 is 0. The van der Waals surface area contributed by atoms with Gasteiger partial charge in [0.25, 0.3) is 0 Å². The molecule has 2 rings (SSSR count). The first-order valence-electron chi connectivity index (χ1n) is 6.20. The number of aliphatic imine (C=N–C) groups is 1. The van der Waals surface area contributed by atoms with Crippen LogP contribution in [0.5, 0.6) is 5.75 Å². The third kappa shape index (κ3) is 2.92. The Morgan fingerprint density at radius 1 is 1.44 bits per heavy atom. The van der Waals surface area contributed by atoms with Crippen LogP contribution in [0.25, 0.3) is 0 Å². The lowest BCUT2D eigenvalue weighted by Gasteiger charge is -2.23. The fourth-order valence-corrected chi connectivity index (χ4v) is 1.96. The number of ether oxygens (including phenoxy) is 1. The standard InChI is InChI=1S/C13H20N4O/c1-10(2)15-13(16-14)17-7-8-18-12-6-4-3-5-11(12)9-17/h3-6,10H,7-9,14H2,1-2H3,(H,15,16). The fourth-order valence-electron chi connectivity index (χ4n) is 1.96. The quantitative estimate of drug-likeness (QED) is 0.338. The number of hydrazine groups is 1. The van der Waals surface area contributed by atoms with Gasteiger partial charge in [0.1, 0.15) is 12.4 Å². The maximum Gasteiger partial charge on any atom is 0.209 e. The second-order valence-corrected chi connectivity index (χ2v) is 4.57. The lowest BCUT2D eigenvalue weighted by molar-refractivity contribution is 0.285. The van der Waals surface area contributed by atoms with E-state index in [9.17, 15) is 0 Å². The van der Waals surface area contributed by atoms with E-state index in [0.717, 1.165) is 24.4 Å². The number of para-hydroxylation sites is 1. The van der Waals surface area contributed by atoms with Crippen LogP contribution in [-0.2, 0) is 6.54 Å². The predicted molar refractivity (Wildman–Crippen MR) is 72.2 cm³/mol. The van der Waals surface area contributed by atoms with Crippen molar-refractivity contribution in [3.8, 4) is 5.75 Å². The molecular weight excluding hydrogens is 228 g/mol. The molecule has 0 spiro atoms. The predicted octanol–water partition coefficient (Wildman–Crippen LogP) is 1.11. The Hall–Kier alpha value is -1.75. The van der Waals surface area contributed by atoms with Gasteiger partial charge in [-0.15, -0.1) is 0 Å². The van der Waals surface area contributed by atoms with E-state index in [0.29, 0.717) is 12.6 Å². The van der Waals surface area contributed by atoms with Crippen LogP contribution >= 0.6 is 0 Å². The molecule has 18 heavy (non-hydrogen) atoms. The van der Waals surface area contributed by atoms with E-state index in [-0.39, 0.29) is 6.04 Å². The first kappa shape index (κ1) is 12.7. The van der Waals surface area contributed by atoms with E-state index < -0.39 is 0 Å². The Morgan fingerprint density at radius 3 is 2.94 bits per heavy atom. The first-order chi connectivity index (χ1) is 8.70. The molecule has 1 aliphatic heterocycles. The minimum atomic E-state index is 0.204. The summed E-state index contributed by atoms with van der Waals surface area (Å²) in [6.45, 7) is 6.21. The van der Waals surface area contributed by atoms with E-state index in [2.05, 4.69) is 21.4 Å². The lowest BCUT2D eigenvalue weighted by atomic mass is 10.2. The highest BCUT2D eigenvalue weighted by Gasteiger charge is 2.17. The van der Waals surface area contributed by atoms with Gasteiger partial charge in [0.05, 0.1) is 6.54 Å². The maximum absolute atomic E-state index is 5.71. The van der Waals surface area contributed by atoms with Crippen LogP contribution in [0, 0.1) is 0 Å². The summed E-state index contributed by atoms with van der Waals surface area (Å²) in [5.74, 6) is 7.22. The molecule has 1 aromatic rings. The molecule has 0 aromatic heterocycles. The van der Waals surface area contributed by atoms with Gasteiger partial charge in [-0.25, -0.2) is 10.8 Å². The van der Waals surface area contributed by atoms with E-state index >= 15 is 0 Å². The second kappa shape index (κ2) is 5.73. The van der Waals surface area contributed by atoms with Gasteiger partial charge in [-0.3, -0.25) is 5.43 Å². The molecule has 0 saturated carbocycles. The van der Waals surface area contributed by atoms with Crippen molar-refractivity contribution in [3.05, 3.63) is 29.8 Å². The molecule has 3 N–H and O–H groups in total. The van der Waals surface area contributed by atoms with Crippen LogP contribution in [0.2, 0.25) is 0 Å². The molecule has 5 nitrogen and oxygen atoms in total. The molecule has 0 amide bonds. The molecule has 5 heteroatoms. The number of rotatable bonds is 1. The average Bonchev–Trinajstić information content (AvgIpc) is 2.57. The van der Waals surface area contributed by atoms with Gasteiger partial charge in [-0.2, -0.15) is 0 Å². The van der Waals surface area contributed by atoms with E-state index in [1.165, 1.54) is 0 Å². The largest absolute Gasteiger partial charge is 0.491 e. The van der Waals surface area contributed by atoms with Crippen molar-refractivity contribution in [1.29, 1.82) is 0 Å². The van der Waals surface area contributed by atoms with Gasteiger partial charge < -0.3 is 9.64 Å². The SMILES string of the molecule is CC(C)N=C(NN)N1CCOc2ccccc2C1. The normalized spacial score (nSPS) is 16.0. The molecule has 0 radical (unpaired) electrons. The number of benzene rings is 1. The van der Waals surface area contributed by atoms with Gasteiger partial charge in [0, 0.05) is 18.2 Å². The number of fused-ring (bicyclic) bond motifs is 1. The summed E-state index contributed by atoms with van der Waals surface area (Å²) < 4.78 is 5.71. The molecule has 0 atom stereocenters. The van der Waals surface area contributed by atoms with E-state index in [1.807, 2.05) is 32.0 Å². The highest BCUT2D eigenvalue weighted by Crippen LogP contribution is 2.22. The zero-order valence-corrected chi connectivity index (χ0v) is 10.9. The average molecular weight is 248 g/mol. The number of hydrogen-bond acceptors (Lipinski definition) is 3. The lowest BCUT2D eigenvalue weighted by Crippen LogP contribution is -2.45. The van der Waals surface area contributed by atoms with Gasteiger partial charge in [-0.05, 0) is 19.9 Å². The van der Waals surface area contributed by atoms with Crippen LogP contribution in [0.1, 0.15) is 19.4 Å². The summed E-state index contributed by atoms with van der Waals surface area (Å²) in [6.07, 6.45) is 0. The Bertz CT molecular complexity index is 431. The van der Waals surface area contributed by atoms with Crippen molar-refractivity contribution < 1.29 is 4.74 Å². The monoisotopic (exact) mass is 248 g/mol. The highest BCUT2D eigenvalue weighted by atomic mass is 16.5. The Balaban J connectivity index is 2.21. The molecule has 0 fully saturated rings. The van der Waals surface area contributed by atoms with Crippen molar-refractivity contribution >= 4 is 5.96 Å². The first-order valence-corrected chi connectivity index (χ1v) is 6.20. The summed E-state index contributed by atoms with van der Waals surface area (Å²) in [5.41, 5.74) is 3.84. The number of hydrogen-bond donors (Lipinski definition) is 2. The molecule has 0 aliphatic carbocycles. The molecule has 0 unspecified atom stereocenters. The molecular formula is C13H20N4O. The molecule has 0 saturated heterocycles. The topological polar surface area (TPSA) is 62.9 Å². The maximum atomic E-state index is 5.71. The van der Waals surface area contributed by atoms with Crippen LogP contribution in [0.4, 0.5) is 0 Å². The van der Waals surface area contributed by atoms with Crippen LogP contribution in [0.15, 0.2) is 29.3 Å². The van der Waals surface area contributed by atoms with E-state index in [1.54, 1.807) is 0 Å². The summed E-state index contributed by atoms with van der Waals surface area (Å²) in [7, 11) is 0. The van der Waals surface area contributed by atoms with Crippen LogP contribution < -0.4 is 16.0 Å². The Kier molecular flexibility index (Phi) is 4.04. The number of nitrogens with one attached hydrogen (secondary N) is 1. The van der Waals surface area contributed by atoms with Crippen LogP contribution in [-0.4, -0.2) is 30.1 Å². The summed E-state index contributed by atoms with van der Waals surface area (Å²) in [4.78, 5) is 6.59. The molecule has 1 heterocycles. The van der Waals surface area contributed by atoms with Crippen LogP contribution in [0.3, 0.4) is 0 Å². The molecule has 1 aliphatic rings. The third-order valence-electron chi connectivity index (χ3n) is 2.76. The minimum Gasteiger partial charge on any atom is -0.491 e. The van der Waals surface area contributed by atoms with Crippen molar-refractivity contribution in [2.24, 2.45) is 10.8 Å². The molecule has 98 valence electrons. The zero-order chi connectivity index (χ0) is 13.0. The highest BCUT2D eigenvalue weighted by molar-refractivity contribution is 5.79. The van der Waals surface area contributed by atoms with Crippen molar-refractivity contribution in [1.82, 2.24) is 10.3 Å². The van der Waals surface area contributed by atoms with E-state index in [4.69, 9.17) is 10.6 Å². The number of nitrogens with two attached hydrogens (primary N) is 1. The summed E-state index contributed by atoms with van der Waals surface area (Å²) in [5, 5.41) is 0. The van der Waals surface area contributed by atoms with Crippen molar-refractivity contribution in [2.45, 2.75) is 26.4 Å². The third-order valence-corrected chi connectivity index (χ3v) is 2.76. The smallest absolute Gasteiger partial charge is 0.209 e. The zero-order valence-electron chi connectivity index (χ0n) is 10.9. The summed E-state index contributed by atoms with van der Waals surface area (Å²) in [6, 6.07) is 8.26. The molecule has 1 aromatic carbocycles.